The van der Waals surface area contributed by atoms with E-state index in [0.29, 0.717) is 19.6 Å². The Labute approximate surface area is 263 Å². The van der Waals surface area contributed by atoms with Crippen LogP contribution >= 0.6 is 8.53 Å². The fourth-order valence-electron chi connectivity index (χ4n) is 5.60. The molecule has 1 aliphatic rings. The monoisotopic (exact) mass is 620 g/mol. The topological polar surface area (TPSA) is 82.4 Å². The van der Waals surface area contributed by atoms with Crippen molar-refractivity contribution in [2.24, 2.45) is 0 Å². The number of hydrogen-bond donors (Lipinski definition) is 0. The van der Waals surface area contributed by atoms with Gasteiger partial charge < -0.3 is 28.0 Å². The van der Waals surface area contributed by atoms with Crippen LogP contribution in [0.15, 0.2) is 78.9 Å². The standard InChI is InChI=1S/C35H45N2O6P/c1-26(2)37(27(3)4)44(42-23-10-22-36)43-33-21-24-40-34(33)25-41-35(28-11-8-7-9-12-28,29-13-17-31(38-5)18-14-29)30-15-19-32(39-6)20-16-30/h7-9,11-20,26-27,33-34H,10,21,23-25H2,1-6H3/t33-,34+,44?/m0/s1. The number of nitriles is 1. The molecule has 0 N–H and O–H groups in total. The zero-order valence-electron chi connectivity index (χ0n) is 26.6. The van der Waals surface area contributed by atoms with E-state index in [2.05, 4.69) is 50.6 Å². The van der Waals surface area contributed by atoms with Gasteiger partial charge in [-0.2, -0.15) is 5.26 Å². The predicted octanol–water partition coefficient (Wildman–Crippen LogP) is 7.46. The molecule has 0 radical (unpaired) electrons. The minimum Gasteiger partial charge on any atom is -0.497 e. The normalized spacial score (nSPS) is 17.6. The fraction of sp³-hybridized carbons (Fsp3) is 0.457. The van der Waals surface area contributed by atoms with Gasteiger partial charge in [-0.15, -0.1) is 0 Å². The van der Waals surface area contributed by atoms with E-state index >= 15 is 0 Å². The maximum atomic E-state index is 9.12. The second-order valence-electron chi connectivity index (χ2n) is 11.2. The molecule has 44 heavy (non-hydrogen) atoms. The molecule has 0 aromatic heterocycles. The molecule has 4 rings (SSSR count). The number of nitrogens with zero attached hydrogens (tertiary/aromatic N) is 2. The van der Waals surface area contributed by atoms with Crippen molar-refractivity contribution in [1.82, 2.24) is 4.67 Å². The summed E-state index contributed by atoms with van der Waals surface area (Å²) in [5.74, 6) is 1.53. The lowest BCUT2D eigenvalue weighted by molar-refractivity contribution is -0.0673. The second kappa shape index (κ2) is 16.3. The first-order chi connectivity index (χ1) is 21.3. The molecule has 236 valence electrons. The molecule has 1 heterocycles. The Morgan fingerprint density at radius 3 is 1.91 bits per heavy atom. The summed E-state index contributed by atoms with van der Waals surface area (Å²) in [4.78, 5) is 0. The molecular formula is C35H45N2O6P. The highest BCUT2D eigenvalue weighted by atomic mass is 31.2. The highest BCUT2D eigenvalue weighted by molar-refractivity contribution is 7.44. The van der Waals surface area contributed by atoms with Crippen LogP contribution in [0.3, 0.4) is 0 Å². The van der Waals surface area contributed by atoms with Gasteiger partial charge in [0, 0.05) is 25.1 Å². The summed E-state index contributed by atoms with van der Waals surface area (Å²) >= 11 is 0. The molecule has 3 atom stereocenters. The van der Waals surface area contributed by atoms with E-state index in [1.165, 1.54) is 0 Å². The molecule has 0 bridgehead atoms. The zero-order chi connectivity index (χ0) is 31.5. The molecule has 8 nitrogen and oxygen atoms in total. The van der Waals surface area contributed by atoms with E-state index in [-0.39, 0.29) is 30.9 Å². The first-order valence-electron chi connectivity index (χ1n) is 15.2. The smallest absolute Gasteiger partial charge is 0.259 e. The van der Waals surface area contributed by atoms with Crippen LogP contribution in [0.5, 0.6) is 11.5 Å². The van der Waals surface area contributed by atoms with Gasteiger partial charge in [0.1, 0.15) is 23.2 Å². The van der Waals surface area contributed by atoms with Crippen molar-refractivity contribution >= 4 is 8.53 Å². The predicted molar refractivity (Wildman–Crippen MR) is 173 cm³/mol. The Morgan fingerprint density at radius 2 is 1.41 bits per heavy atom. The maximum Gasteiger partial charge on any atom is 0.259 e. The molecule has 1 unspecified atom stereocenters. The fourth-order valence-corrected chi connectivity index (χ4v) is 7.37. The number of benzene rings is 3. The van der Waals surface area contributed by atoms with Gasteiger partial charge in [0.15, 0.2) is 0 Å². The summed E-state index contributed by atoms with van der Waals surface area (Å²) in [6, 6.07) is 28.8. The van der Waals surface area contributed by atoms with E-state index in [9.17, 15) is 0 Å². The van der Waals surface area contributed by atoms with Crippen LogP contribution in [0.25, 0.3) is 0 Å². The first kappa shape index (κ1) is 33.9. The summed E-state index contributed by atoms with van der Waals surface area (Å²) in [7, 11) is 1.91. The lowest BCUT2D eigenvalue weighted by atomic mass is 9.80. The van der Waals surface area contributed by atoms with Crippen LogP contribution in [0.4, 0.5) is 0 Å². The van der Waals surface area contributed by atoms with Crippen molar-refractivity contribution in [2.75, 3.05) is 34.0 Å². The third kappa shape index (κ3) is 7.97. The molecule has 1 saturated heterocycles. The van der Waals surface area contributed by atoms with Crippen LogP contribution in [0.1, 0.15) is 57.2 Å². The van der Waals surface area contributed by atoms with Gasteiger partial charge in [-0.05, 0) is 68.7 Å². The molecule has 3 aromatic rings. The largest absolute Gasteiger partial charge is 0.497 e. The Hall–Kier alpha value is -3.02. The molecular weight excluding hydrogens is 575 g/mol. The first-order valence-corrected chi connectivity index (χ1v) is 16.3. The summed E-state index contributed by atoms with van der Waals surface area (Å²) in [5, 5.41) is 9.12. The van der Waals surface area contributed by atoms with Crippen molar-refractivity contribution in [3.63, 3.8) is 0 Å². The molecule has 1 aliphatic heterocycles. The van der Waals surface area contributed by atoms with Crippen LogP contribution in [-0.2, 0) is 24.1 Å². The molecule has 3 aromatic carbocycles. The van der Waals surface area contributed by atoms with Crippen LogP contribution in [-0.4, -0.2) is 63.0 Å². The van der Waals surface area contributed by atoms with Gasteiger partial charge in [-0.25, -0.2) is 4.67 Å². The van der Waals surface area contributed by atoms with Crippen molar-refractivity contribution < 1.29 is 28.0 Å². The van der Waals surface area contributed by atoms with Crippen LogP contribution in [0, 0.1) is 11.3 Å². The van der Waals surface area contributed by atoms with Gasteiger partial charge in [-0.3, -0.25) is 0 Å². The zero-order valence-corrected chi connectivity index (χ0v) is 27.5. The Morgan fingerprint density at radius 1 is 0.864 bits per heavy atom. The summed E-state index contributed by atoms with van der Waals surface area (Å²) in [6.07, 6.45) is 0.481. The minimum absolute atomic E-state index is 0.205. The van der Waals surface area contributed by atoms with Gasteiger partial charge in [0.25, 0.3) is 8.53 Å². The third-order valence-electron chi connectivity index (χ3n) is 7.67. The maximum absolute atomic E-state index is 9.12. The average molecular weight is 621 g/mol. The van der Waals surface area contributed by atoms with Crippen LogP contribution < -0.4 is 9.47 Å². The van der Waals surface area contributed by atoms with Crippen molar-refractivity contribution in [2.45, 2.75) is 70.4 Å². The summed E-state index contributed by atoms with van der Waals surface area (Å²) < 4.78 is 39.5. The van der Waals surface area contributed by atoms with E-state index in [0.717, 1.165) is 34.6 Å². The van der Waals surface area contributed by atoms with E-state index < -0.39 is 14.1 Å². The van der Waals surface area contributed by atoms with Gasteiger partial charge in [0.2, 0.25) is 0 Å². The number of ether oxygens (including phenoxy) is 4. The average Bonchev–Trinajstić information content (AvgIpc) is 3.49. The third-order valence-corrected chi connectivity index (χ3v) is 9.83. The Balaban J connectivity index is 1.69. The Bertz CT molecular complexity index is 1260. The lowest BCUT2D eigenvalue weighted by Gasteiger charge is -2.39. The van der Waals surface area contributed by atoms with Gasteiger partial charge >= 0.3 is 0 Å². The molecule has 9 heteroatoms. The Kier molecular flexibility index (Phi) is 12.6. The highest BCUT2D eigenvalue weighted by Gasteiger charge is 2.42. The summed E-state index contributed by atoms with van der Waals surface area (Å²) in [6.45, 7) is 9.70. The van der Waals surface area contributed by atoms with E-state index in [1.54, 1.807) is 14.2 Å². The SMILES string of the molecule is COc1ccc(C(OC[C@H]2OCC[C@@H]2OP(OCCC#N)N(C(C)C)C(C)C)(c2ccccc2)c2ccc(OC)cc2)cc1. The lowest BCUT2D eigenvalue weighted by Crippen LogP contribution is -2.39. The van der Waals surface area contributed by atoms with Crippen molar-refractivity contribution in [3.8, 4) is 17.6 Å². The molecule has 0 saturated carbocycles. The molecule has 0 spiro atoms. The molecule has 1 fully saturated rings. The quantitative estimate of drug-likeness (QED) is 0.0927. The number of hydrogen-bond acceptors (Lipinski definition) is 8. The van der Waals surface area contributed by atoms with Gasteiger partial charge in [0.05, 0.1) is 46.0 Å². The van der Waals surface area contributed by atoms with E-state index in [4.69, 9.17) is 33.3 Å². The molecule has 0 aliphatic carbocycles. The van der Waals surface area contributed by atoms with Gasteiger partial charge in [-0.1, -0.05) is 54.6 Å². The number of rotatable bonds is 16. The number of methoxy groups -OCH3 is 2. The molecule has 0 amide bonds. The van der Waals surface area contributed by atoms with Crippen LogP contribution in [0.2, 0.25) is 0 Å². The second-order valence-corrected chi connectivity index (χ2v) is 12.6. The minimum atomic E-state index is -1.42. The van der Waals surface area contributed by atoms with E-state index in [1.807, 2.05) is 66.7 Å². The highest BCUT2D eigenvalue weighted by Crippen LogP contribution is 2.49. The van der Waals surface area contributed by atoms with Crippen molar-refractivity contribution in [1.29, 1.82) is 5.26 Å². The van der Waals surface area contributed by atoms with Crippen molar-refractivity contribution in [3.05, 3.63) is 95.6 Å². The summed E-state index contributed by atoms with van der Waals surface area (Å²) in [5.41, 5.74) is 1.95.